The Labute approximate surface area is 116 Å². The first-order valence-corrected chi connectivity index (χ1v) is 7.34. The van der Waals surface area contributed by atoms with Crippen LogP contribution in [0.25, 0.3) is 0 Å². The monoisotopic (exact) mass is 275 g/mol. The number of thiophene rings is 1. The van der Waals surface area contributed by atoms with Crippen LogP contribution >= 0.6 is 11.3 Å². The first-order valence-electron chi connectivity index (χ1n) is 6.39. The lowest BCUT2D eigenvalue weighted by atomic mass is 10.2. The van der Waals surface area contributed by atoms with Gasteiger partial charge in [-0.3, -0.25) is 9.48 Å². The highest BCUT2D eigenvalue weighted by atomic mass is 32.1. The summed E-state index contributed by atoms with van der Waals surface area (Å²) in [5.74, 6) is 0.867. The molecule has 1 aliphatic rings. The Kier molecular flexibility index (Phi) is 3.14. The quantitative estimate of drug-likeness (QED) is 0.858. The van der Waals surface area contributed by atoms with Crippen molar-refractivity contribution < 1.29 is 4.79 Å². The molecule has 0 aromatic carbocycles. The smallest absolute Gasteiger partial charge is 0.226 e. The number of amides is 1. The van der Waals surface area contributed by atoms with Crippen LogP contribution in [0.3, 0.4) is 0 Å². The van der Waals surface area contributed by atoms with Gasteiger partial charge in [-0.1, -0.05) is 0 Å². The predicted molar refractivity (Wildman–Crippen MR) is 74.8 cm³/mol. The van der Waals surface area contributed by atoms with Crippen LogP contribution in [0, 0.1) is 5.92 Å². The Bertz CT molecular complexity index is 575. The summed E-state index contributed by atoms with van der Waals surface area (Å²) in [6.07, 6.45) is 4.76. The van der Waals surface area contributed by atoms with Gasteiger partial charge in [-0.05, 0) is 34.7 Å². The molecule has 0 N–H and O–H groups in total. The van der Waals surface area contributed by atoms with Crippen molar-refractivity contribution in [3.63, 3.8) is 0 Å². The van der Waals surface area contributed by atoms with Gasteiger partial charge in [0.2, 0.25) is 5.91 Å². The second kappa shape index (κ2) is 4.81. The normalized spacial score (nSPS) is 21.4. The number of carbonyl (C=O) groups is 1. The molecule has 19 heavy (non-hydrogen) atoms. The zero-order valence-corrected chi connectivity index (χ0v) is 11.9. The van der Waals surface area contributed by atoms with Crippen LogP contribution in [0.5, 0.6) is 0 Å². The van der Waals surface area contributed by atoms with Crippen molar-refractivity contribution in [3.05, 3.63) is 40.3 Å². The second-order valence-electron chi connectivity index (χ2n) is 5.22. The van der Waals surface area contributed by atoms with E-state index in [4.69, 9.17) is 0 Å². The van der Waals surface area contributed by atoms with Gasteiger partial charge < -0.3 is 4.90 Å². The largest absolute Gasteiger partial charge is 0.341 e. The summed E-state index contributed by atoms with van der Waals surface area (Å²) in [5, 5.41) is 8.35. The molecule has 0 bridgehead atoms. The highest BCUT2D eigenvalue weighted by Gasteiger charge is 2.45. The molecule has 100 valence electrons. The fraction of sp³-hybridized carbons (Fsp3) is 0.429. The average molecular weight is 275 g/mol. The molecule has 4 nitrogen and oxygen atoms in total. The van der Waals surface area contributed by atoms with E-state index >= 15 is 0 Å². The molecule has 1 aliphatic carbocycles. The summed E-state index contributed by atoms with van der Waals surface area (Å²) in [4.78, 5) is 14.1. The number of aryl methyl sites for hydroxylation is 1. The first-order chi connectivity index (χ1) is 9.15. The molecule has 0 saturated heterocycles. The third-order valence-electron chi connectivity index (χ3n) is 3.63. The van der Waals surface area contributed by atoms with E-state index in [1.54, 1.807) is 16.0 Å². The fourth-order valence-corrected chi connectivity index (χ4v) is 3.24. The number of carbonyl (C=O) groups excluding carboxylic acids is 1. The summed E-state index contributed by atoms with van der Waals surface area (Å²) in [5.41, 5.74) is 2.39. The summed E-state index contributed by atoms with van der Waals surface area (Å²) < 4.78 is 1.76. The summed E-state index contributed by atoms with van der Waals surface area (Å²) in [6.45, 7) is 0.638. The van der Waals surface area contributed by atoms with Gasteiger partial charge in [0.1, 0.15) is 0 Å². The van der Waals surface area contributed by atoms with E-state index in [9.17, 15) is 4.79 Å². The van der Waals surface area contributed by atoms with Crippen LogP contribution in [0.15, 0.2) is 29.2 Å². The van der Waals surface area contributed by atoms with Gasteiger partial charge in [0.25, 0.3) is 0 Å². The lowest BCUT2D eigenvalue weighted by molar-refractivity contribution is -0.131. The zero-order chi connectivity index (χ0) is 13.4. The zero-order valence-electron chi connectivity index (χ0n) is 11.1. The second-order valence-corrected chi connectivity index (χ2v) is 6.00. The molecule has 0 radical (unpaired) electrons. The van der Waals surface area contributed by atoms with Gasteiger partial charge in [-0.15, -0.1) is 0 Å². The summed E-state index contributed by atoms with van der Waals surface area (Å²) >= 11 is 1.70. The Hall–Kier alpha value is -1.62. The minimum absolute atomic E-state index is 0.177. The lowest BCUT2D eigenvalue weighted by Gasteiger charge is -2.16. The minimum atomic E-state index is 0.177. The standard InChI is InChI=1S/C14H17N3OS/c1-16(7-10-6-15-17(2)8-10)14(18)13-5-12(13)11-3-4-19-9-11/h3-4,6,8-9,12-13H,5,7H2,1-2H3/t12-,13+/m0/s1. The third-order valence-corrected chi connectivity index (χ3v) is 4.33. The van der Waals surface area contributed by atoms with Crippen LogP contribution in [-0.4, -0.2) is 27.6 Å². The Morgan fingerprint density at radius 2 is 2.47 bits per heavy atom. The maximum absolute atomic E-state index is 12.3. The molecule has 2 heterocycles. The van der Waals surface area contributed by atoms with Gasteiger partial charge in [0, 0.05) is 38.3 Å². The van der Waals surface area contributed by atoms with E-state index in [1.807, 2.05) is 31.4 Å². The van der Waals surface area contributed by atoms with Gasteiger partial charge in [0.15, 0.2) is 0 Å². The molecule has 5 heteroatoms. The van der Waals surface area contributed by atoms with Crippen LogP contribution in [0.4, 0.5) is 0 Å². The number of rotatable bonds is 4. The maximum Gasteiger partial charge on any atom is 0.226 e. The van der Waals surface area contributed by atoms with Gasteiger partial charge >= 0.3 is 0 Å². The van der Waals surface area contributed by atoms with Crippen molar-refractivity contribution in [3.8, 4) is 0 Å². The summed E-state index contributed by atoms with van der Waals surface area (Å²) in [7, 11) is 3.76. The van der Waals surface area contributed by atoms with E-state index < -0.39 is 0 Å². The molecule has 0 spiro atoms. The molecule has 1 amide bonds. The fourth-order valence-electron chi connectivity index (χ4n) is 2.51. The van der Waals surface area contributed by atoms with Crippen LogP contribution < -0.4 is 0 Å². The Balaban J connectivity index is 1.59. The van der Waals surface area contributed by atoms with Crippen molar-refractivity contribution in [2.75, 3.05) is 7.05 Å². The molecular formula is C14H17N3OS. The lowest BCUT2D eigenvalue weighted by Crippen LogP contribution is -2.27. The molecule has 2 aromatic rings. The molecule has 2 atom stereocenters. The van der Waals surface area contributed by atoms with Gasteiger partial charge in [-0.2, -0.15) is 16.4 Å². The SMILES string of the molecule is CN(Cc1cnn(C)c1)C(=O)[C@@H]1C[C@H]1c1ccsc1. The topological polar surface area (TPSA) is 38.1 Å². The van der Waals surface area contributed by atoms with Crippen molar-refractivity contribution in [1.82, 2.24) is 14.7 Å². The van der Waals surface area contributed by atoms with Crippen molar-refractivity contribution >= 4 is 17.2 Å². The average Bonchev–Trinajstić information content (AvgIpc) is 2.81. The maximum atomic E-state index is 12.3. The van der Waals surface area contributed by atoms with E-state index in [0.717, 1.165) is 12.0 Å². The van der Waals surface area contributed by atoms with Gasteiger partial charge in [0.05, 0.1) is 6.20 Å². The van der Waals surface area contributed by atoms with Crippen LogP contribution in [0.1, 0.15) is 23.5 Å². The molecule has 2 aromatic heterocycles. The Morgan fingerprint density at radius 3 is 3.11 bits per heavy atom. The number of nitrogens with zero attached hydrogens (tertiary/aromatic N) is 3. The van der Waals surface area contributed by atoms with E-state index in [0.29, 0.717) is 12.5 Å². The van der Waals surface area contributed by atoms with E-state index in [2.05, 4.69) is 21.9 Å². The predicted octanol–water partition coefficient (Wildman–Crippen LogP) is 2.24. The molecular weight excluding hydrogens is 258 g/mol. The van der Waals surface area contributed by atoms with E-state index in [1.165, 1.54) is 5.56 Å². The molecule has 1 fully saturated rings. The van der Waals surface area contributed by atoms with Crippen LogP contribution in [-0.2, 0) is 18.4 Å². The highest BCUT2D eigenvalue weighted by molar-refractivity contribution is 7.08. The Morgan fingerprint density at radius 1 is 1.63 bits per heavy atom. The minimum Gasteiger partial charge on any atom is -0.341 e. The molecule has 0 aliphatic heterocycles. The highest BCUT2D eigenvalue weighted by Crippen LogP contribution is 2.48. The molecule has 0 unspecified atom stereocenters. The van der Waals surface area contributed by atoms with Crippen molar-refractivity contribution in [1.29, 1.82) is 0 Å². The van der Waals surface area contributed by atoms with E-state index in [-0.39, 0.29) is 11.8 Å². The van der Waals surface area contributed by atoms with Gasteiger partial charge in [-0.25, -0.2) is 0 Å². The third kappa shape index (κ3) is 2.56. The number of hydrogen-bond acceptors (Lipinski definition) is 3. The van der Waals surface area contributed by atoms with Crippen molar-refractivity contribution in [2.45, 2.75) is 18.9 Å². The number of hydrogen-bond donors (Lipinski definition) is 0. The van der Waals surface area contributed by atoms with Crippen LogP contribution in [0.2, 0.25) is 0 Å². The first kappa shape index (κ1) is 12.4. The number of aromatic nitrogens is 2. The summed E-state index contributed by atoms with van der Waals surface area (Å²) in [6, 6.07) is 2.13. The van der Waals surface area contributed by atoms with Crippen molar-refractivity contribution in [2.24, 2.45) is 13.0 Å². The molecule has 1 saturated carbocycles. The molecule has 3 rings (SSSR count).